The molecule has 1 aromatic heterocycles. The number of halogens is 1. The summed E-state index contributed by atoms with van der Waals surface area (Å²) in [6, 6.07) is 10.8. The molecule has 30 heavy (non-hydrogen) atoms. The Labute approximate surface area is 179 Å². The van der Waals surface area contributed by atoms with Gasteiger partial charge in [-0.25, -0.2) is 14.8 Å². The van der Waals surface area contributed by atoms with Crippen LogP contribution in [0.4, 0.5) is 0 Å². The maximum Gasteiger partial charge on any atom is 0.344 e. The van der Waals surface area contributed by atoms with Gasteiger partial charge in [0.2, 0.25) is 0 Å². The van der Waals surface area contributed by atoms with Crippen LogP contribution < -0.4 is 14.2 Å². The number of benzene rings is 2. The minimum Gasteiger partial charge on any atom is -0.493 e. The minimum atomic E-state index is -0.402. The number of nitrogens with zero attached hydrogens (tertiary/aromatic N) is 2. The molecule has 3 aromatic rings. The molecule has 0 radical (unpaired) electrons. The number of carbonyl (C=O) groups excluding carboxylic acids is 1. The first-order valence-corrected chi connectivity index (χ1v) is 9.57. The van der Waals surface area contributed by atoms with Crippen LogP contribution >= 0.6 is 11.6 Å². The SMILES string of the molecule is CCOC(=O)COc1ccc(/C=C/c2nc(Cl)c3cc(OC)c(OC)cc3n2)cc1. The lowest BCUT2D eigenvalue weighted by Gasteiger charge is -2.09. The van der Waals surface area contributed by atoms with E-state index in [-0.39, 0.29) is 6.61 Å². The van der Waals surface area contributed by atoms with Gasteiger partial charge in [-0.3, -0.25) is 0 Å². The summed E-state index contributed by atoms with van der Waals surface area (Å²) in [7, 11) is 3.12. The van der Waals surface area contributed by atoms with Crippen LogP contribution in [0, 0.1) is 0 Å². The molecule has 0 aliphatic heterocycles. The summed E-state index contributed by atoms with van der Waals surface area (Å²) in [4.78, 5) is 20.2. The van der Waals surface area contributed by atoms with Crippen molar-refractivity contribution in [3.63, 3.8) is 0 Å². The lowest BCUT2D eigenvalue weighted by atomic mass is 10.2. The summed E-state index contributed by atoms with van der Waals surface area (Å²) < 4.78 is 20.8. The fourth-order valence-corrected chi connectivity index (χ4v) is 2.94. The Balaban J connectivity index is 1.76. The molecule has 0 atom stereocenters. The molecule has 0 N–H and O–H groups in total. The molecule has 0 aliphatic rings. The van der Waals surface area contributed by atoms with Crippen molar-refractivity contribution in [1.29, 1.82) is 0 Å². The first-order valence-electron chi connectivity index (χ1n) is 9.20. The van der Waals surface area contributed by atoms with Gasteiger partial charge in [-0.05, 0) is 36.8 Å². The predicted molar refractivity (Wildman–Crippen MR) is 115 cm³/mol. The van der Waals surface area contributed by atoms with Gasteiger partial charge >= 0.3 is 5.97 Å². The van der Waals surface area contributed by atoms with Gasteiger partial charge in [0, 0.05) is 11.5 Å². The number of hydrogen-bond donors (Lipinski definition) is 0. The van der Waals surface area contributed by atoms with Crippen molar-refractivity contribution in [2.75, 3.05) is 27.4 Å². The van der Waals surface area contributed by atoms with E-state index in [4.69, 9.17) is 30.5 Å². The van der Waals surface area contributed by atoms with Crippen LogP contribution in [0.3, 0.4) is 0 Å². The molecule has 0 unspecified atom stereocenters. The number of fused-ring (bicyclic) bond motifs is 1. The Hall–Kier alpha value is -3.32. The van der Waals surface area contributed by atoms with E-state index < -0.39 is 5.97 Å². The quantitative estimate of drug-likeness (QED) is 0.388. The topological polar surface area (TPSA) is 79.8 Å². The molecule has 3 rings (SSSR count). The normalized spacial score (nSPS) is 10.9. The Morgan fingerprint density at radius 1 is 1.03 bits per heavy atom. The lowest BCUT2D eigenvalue weighted by Crippen LogP contribution is -2.14. The molecule has 0 spiro atoms. The smallest absolute Gasteiger partial charge is 0.344 e. The number of hydrogen-bond acceptors (Lipinski definition) is 7. The van der Waals surface area contributed by atoms with Crippen molar-refractivity contribution in [3.8, 4) is 17.2 Å². The lowest BCUT2D eigenvalue weighted by molar-refractivity contribution is -0.145. The summed E-state index contributed by atoms with van der Waals surface area (Å²) >= 11 is 6.34. The van der Waals surface area contributed by atoms with Crippen LogP contribution in [-0.4, -0.2) is 43.4 Å². The van der Waals surface area contributed by atoms with Gasteiger partial charge in [0.05, 0.1) is 26.3 Å². The van der Waals surface area contributed by atoms with Gasteiger partial charge < -0.3 is 18.9 Å². The highest BCUT2D eigenvalue weighted by molar-refractivity contribution is 6.34. The highest BCUT2D eigenvalue weighted by Gasteiger charge is 2.11. The van der Waals surface area contributed by atoms with E-state index in [1.807, 2.05) is 18.2 Å². The molecule has 0 saturated heterocycles. The van der Waals surface area contributed by atoms with E-state index in [2.05, 4.69) is 9.97 Å². The van der Waals surface area contributed by atoms with Crippen molar-refractivity contribution < 1.29 is 23.7 Å². The molecule has 0 fully saturated rings. The molecule has 2 aromatic carbocycles. The standard InChI is InChI=1S/C22H21ClN2O5/c1-4-29-21(26)13-30-15-8-5-14(6-9-15)7-10-20-24-17-12-19(28-3)18(27-2)11-16(17)22(23)25-20/h5-12H,4,13H2,1-3H3/b10-7+. The van der Waals surface area contributed by atoms with E-state index in [9.17, 15) is 4.79 Å². The van der Waals surface area contributed by atoms with Crippen LogP contribution in [0.1, 0.15) is 18.3 Å². The van der Waals surface area contributed by atoms with Gasteiger partial charge in [-0.1, -0.05) is 29.8 Å². The molecule has 0 saturated carbocycles. The third-order valence-corrected chi connectivity index (χ3v) is 4.43. The van der Waals surface area contributed by atoms with Crippen molar-refractivity contribution in [1.82, 2.24) is 9.97 Å². The predicted octanol–water partition coefficient (Wildman–Crippen LogP) is 4.41. The average molecular weight is 429 g/mol. The second-order valence-electron chi connectivity index (χ2n) is 6.09. The highest BCUT2D eigenvalue weighted by Crippen LogP contribution is 2.34. The second-order valence-corrected chi connectivity index (χ2v) is 6.45. The summed E-state index contributed by atoms with van der Waals surface area (Å²) in [5.41, 5.74) is 1.56. The molecule has 0 amide bonds. The Morgan fingerprint density at radius 3 is 2.40 bits per heavy atom. The van der Waals surface area contributed by atoms with E-state index in [1.54, 1.807) is 51.5 Å². The van der Waals surface area contributed by atoms with Crippen molar-refractivity contribution >= 4 is 40.6 Å². The summed E-state index contributed by atoms with van der Waals surface area (Å²) in [5.74, 6) is 1.76. The van der Waals surface area contributed by atoms with E-state index in [0.717, 1.165) is 5.56 Å². The second kappa shape index (κ2) is 9.93. The van der Waals surface area contributed by atoms with Crippen LogP contribution in [0.15, 0.2) is 36.4 Å². The fraction of sp³-hybridized carbons (Fsp3) is 0.227. The molecule has 7 nitrogen and oxygen atoms in total. The first-order chi connectivity index (χ1) is 14.5. The van der Waals surface area contributed by atoms with Crippen LogP contribution in [0.2, 0.25) is 5.15 Å². The molecule has 8 heteroatoms. The van der Waals surface area contributed by atoms with Crippen molar-refractivity contribution in [2.45, 2.75) is 6.92 Å². The summed E-state index contributed by atoms with van der Waals surface area (Å²) in [6.45, 7) is 1.95. The van der Waals surface area contributed by atoms with E-state index >= 15 is 0 Å². The summed E-state index contributed by atoms with van der Waals surface area (Å²) in [5, 5.41) is 0.998. The van der Waals surface area contributed by atoms with E-state index in [1.165, 1.54) is 0 Å². The zero-order chi connectivity index (χ0) is 21.5. The first kappa shape index (κ1) is 21.4. The molecular formula is C22H21ClN2O5. The number of ether oxygens (including phenoxy) is 4. The summed E-state index contributed by atoms with van der Waals surface area (Å²) in [6.07, 6.45) is 3.61. The largest absolute Gasteiger partial charge is 0.493 e. The van der Waals surface area contributed by atoms with Gasteiger partial charge in [0.1, 0.15) is 10.9 Å². The van der Waals surface area contributed by atoms with E-state index in [0.29, 0.717) is 45.7 Å². The Bertz CT molecular complexity index is 1070. The van der Waals surface area contributed by atoms with Crippen molar-refractivity contribution in [3.05, 3.63) is 52.9 Å². The van der Waals surface area contributed by atoms with Crippen molar-refractivity contribution in [2.24, 2.45) is 0 Å². The van der Waals surface area contributed by atoms with Gasteiger partial charge in [0.25, 0.3) is 0 Å². The number of esters is 1. The third-order valence-electron chi connectivity index (χ3n) is 4.14. The maximum atomic E-state index is 11.3. The van der Waals surface area contributed by atoms with Crippen LogP contribution in [0.5, 0.6) is 17.2 Å². The molecule has 0 aliphatic carbocycles. The van der Waals surface area contributed by atoms with Crippen LogP contribution in [-0.2, 0) is 9.53 Å². The Morgan fingerprint density at radius 2 is 1.73 bits per heavy atom. The Kier molecular flexibility index (Phi) is 7.08. The zero-order valence-electron chi connectivity index (χ0n) is 16.8. The number of rotatable bonds is 8. The highest BCUT2D eigenvalue weighted by atomic mass is 35.5. The van der Waals surface area contributed by atoms with Gasteiger partial charge in [-0.2, -0.15) is 0 Å². The molecule has 156 valence electrons. The van der Waals surface area contributed by atoms with Gasteiger partial charge in [0.15, 0.2) is 23.9 Å². The van der Waals surface area contributed by atoms with Gasteiger partial charge in [-0.15, -0.1) is 0 Å². The molecular weight excluding hydrogens is 408 g/mol. The minimum absolute atomic E-state index is 0.124. The monoisotopic (exact) mass is 428 g/mol. The molecule has 0 bridgehead atoms. The maximum absolute atomic E-state index is 11.3. The number of methoxy groups -OCH3 is 2. The number of carbonyl (C=O) groups is 1. The fourth-order valence-electron chi connectivity index (χ4n) is 2.70. The average Bonchev–Trinajstić information content (AvgIpc) is 2.76. The molecule has 1 heterocycles. The number of aromatic nitrogens is 2. The van der Waals surface area contributed by atoms with Crippen LogP contribution in [0.25, 0.3) is 23.1 Å². The zero-order valence-corrected chi connectivity index (χ0v) is 17.6. The third kappa shape index (κ3) is 5.18.